The van der Waals surface area contributed by atoms with Gasteiger partial charge in [0.15, 0.2) is 0 Å². The van der Waals surface area contributed by atoms with Crippen LogP contribution in [0.15, 0.2) is 78.9 Å². The highest BCUT2D eigenvalue weighted by Crippen LogP contribution is 2.52. The summed E-state index contributed by atoms with van der Waals surface area (Å²) in [6, 6.07) is 21.0. The van der Waals surface area contributed by atoms with Crippen LogP contribution in [0.1, 0.15) is 17.5 Å². The number of halogens is 1. The monoisotopic (exact) mass is 401 g/mol. The topological polar surface area (TPSA) is 63.7 Å². The molecule has 0 aliphatic carbocycles. The maximum Gasteiger partial charge on any atom is 0.327 e. The van der Waals surface area contributed by atoms with Gasteiger partial charge < -0.3 is 4.74 Å². The van der Waals surface area contributed by atoms with Gasteiger partial charge in [0.2, 0.25) is 11.8 Å². The number of esters is 1. The third kappa shape index (κ3) is 2.43. The molecular weight excluding hydrogens is 385 g/mol. The fourth-order valence-electron chi connectivity index (χ4n) is 4.51. The first kappa shape index (κ1) is 18.2. The maximum atomic E-state index is 13.5. The van der Waals surface area contributed by atoms with Crippen LogP contribution in [0.5, 0.6) is 5.75 Å². The normalized spacial score (nSPS) is 22.9. The first-order valence-corrected chi connectivity index (χ1v) is 9.53. The summed E-state index contributed by atoms with van der Waals surface area (Å²) in [6.07, 6.45) is -0.158. The molecule has 2 aliphatic heterocycles. The Hall–Kier alpha value is -3.80. The zero-order valence-electron chi connectivity index (χ0n) is 15.7. The Bertz CT molecular complexity index is 1180. The van der Waals surface area contributed by atoms with Crippen LogP contribution in [-0.2, 0) is 19.8 Å². The van der Waals surface area contributed by atoms with Crippen molar-refractivity contribution in [3.05, 3.63) is 95.8 Å². The van der Waals surface area contributed by atoms with Crippen LogP contribution in [0.4, 0.5) is 10.1 Å². The minimum Gasteiger partial charge on any atom is -0.425 e. The van der Waals surface area contributed by atoms with E-state index < -0.39 is 34.9 Å². The average Bonchev–Trinajstić information content (AvgIpc) is 3.22. The predicted molar refractivity (Wildman–Crippen MR) is 106 cm³/mol. The Kier molecular flexibility index (Phi) is 4.03. The van der Waals surface area contributed by atoms with Crippen LogP contribution in [0.3, 0.4) is 0 Å². The fraction of sp³-hybridized carbons (Fsp3) is 0.125. The molecule has 1 saturated heterocycles. The van der Waals surface area contributed by atoms with E-state index in [4.69, 9.17) is 4.74 Å². The summed E-state index contributed by atoms with van der Waals surface area (Å²) >= 11 is 0. The zero-order valence-corrected chi connectivity index (χ0v) is 15.7. The summed E-state index contributed by atoms with van der Waals surface area (Å²) in [5.74, 6) is -2.60. The highest BCUT2D eigenvalue weighted by atomic mass is 19.1. The number of carbonyl (C=O) groups is 3. The lowest BCUT2D eigenvalue weighted by Gasteiger charge is -2.31. The molecule has 0 bridgehead atoms. The molecule has 0 unspecified atom stereocenters. The van der Waals surface area contributed by atoms with Gasteiger partial charge in [-0.15, -0.1) is 0 Å². The minimum atomic E-state index is -1.43. The average molecular weight is 401 g/mol. The van der Waals surface area contributed by atoms with Crippen LogP contribution in [0, 0.1) is 11.7 Å². The van der Waals surface area contributed by atoms with Crippen molar-refractivity contribution in [2.24, 2.45) is 5.92 Å². The lowest BCUT2D eigenvalue weighted by Crippen LogP contribution is -2.46. The van der Waals surface area contributed by atoms with Crippen molar-refractivity contribution in [3.8, 4) is 5.75 Å². The van der Waals surface area contributed by atoms with E-state index in [-0.39, 0.29) is 12.1 Å². The van der Waals surface area contributed by atoms with Crippen molar-refractivity contribution in [2.45, 2.75) is 11.8 Å². The highest BCUT2D eigenvalue weighted by molar-refractivity contribution is 6.23. The van der Waals surface area contributed by atoms with Gasteiger partial charge in [0, 0.05) is 12.0 Å². The van der Waals surface area contributed by atoms with Crippen molar-refractivity contribution in [1.29, 1.82) is 0 Å². The number of hydrogen-bond acceptors (Lipinski definition) is 4. The standard InChI is InChI=1S/C24H16FNO4/c25-16-10-12-17(13-11-16)26-21(27)14-19(22(26)28)24(15-6-2-1-3-7-15)18-8-4-5-9-20(18)30-23(24)29/h1-13,19H,14H2/t19-,24+/m1/s1. The van der Waals surface area contributed by atoms with Gasteiger partial charge in [-0.25, -0.2) is 4.39 Å². The molecule has 0 radical (unpaired) electrons. The summed E-state index contributed by atoms with van der Waals surface area (Å²) in [5, 5.41) is 0. The Morgan fingerprint density at radius 2 is 1.53 bits per heavy atom. The summed E-state index contributed by atoms with van der Waals surface area (Å²) in [4.78, 5) is 40.8. The van der Waals surface area contributed by atoms with Crippen LogP contribution in [0.25, 0.3) is 0 Å². The number of carbonyl (C=O) groups excluding carboxylic acids is 3. The Balaban J connectivity index is 1.69. The highest BCUT2D eigenvalue weighted by Gasteiger charge is 2.62. The number of ether oxygens (including phenoxy) is 1. The third-order valence-electron chi connectivity index (χ3n) is 5.82. The number of fused-ring (bicyclic) bond motifs is 1. The van der Waals surface area contributed by atoms with E-state index in [1.165, 1.54) is 24.3 Å². The van der Waals surface area contributed by atoms with Crippen molar-refractivity contribution in [3.63, 3.8) is 0 Å². The van der Waals surface area contributed by atoms with Gasteiger partial charge in [0.1, 0.15) is 17.0 Å². The lowest BCUT2D eigenvalue weighted by atomic mass is 9.66. The smallest absolute Gasteiger partial charge is 0.327 e. The Morgan fingerprint density at radius 3 is 2.27 bits per heavy atom. The van der Waals surface area contributed by atoms with Crippen molar-refractivity contribution in [1.82, 2.24) is 0 Å². The lowest BCUT2D eigenvalue weighted by molar-refractivity contribution is -0.141. The maximum absolute atomic E-state index is 13.5. The van der Waals surface area contributed by atoms with Crippen molar-refractivity contribution < 1.29 is 23.5 Å². The molecule has 2 heterocycles. The molecule has 0 spiro atoms. The summed E-state index contributed by atoms with van der Waals surface area (Å²) in [7, 11) is 0. The van der Waals surface area contributed by atoms with Crippen LogP contribution >= 0.6 is 0 Å². The summed E-state index contributed by atoms with van der Waals surface area (Å²) in [5.41, 5.74) is -0.00328. The van der Waals surface area contributed by atoms with Gasteiger partial charge in [-0.05, 0) is 35.9 Å². The molecule has 0 saturated carbocycles. The zero-order chi connectivity index (χ0) is 20.9. The van der Waals surface area contributed by atoms with Gasteiger partial charge in [0.05, 0.1) is 11.6 Å². The second kappa shape index (κ2) is 6.62. The van der Waals surface area contributed by atoms with E-state index in [0.717, 1.165) is 4.90 Å². The molecule has 5 nitrogen and oxygen atoms in total. The number of hydrogen-bond donors (Lipinski definition) is 0. The van der Waals surface area contributed by atoms with E-state index in [1.54, 1.807) is 48.5 Å². The van der Waals surface area contributed by atoms with Crippen LogP contribution in [0.2, 0.25) is 0 Å². The first-order chi connectivity index (χ1) is 14.5. The SMILES string of the molecule is O=C1C[C@@H]([C@@]2(c3ccccc3)C(=O)Oc3ccccc32)C(=O)N1c1ccc(F)cc1. The molecule has 1 fully saturated rings. The molecule has 3 aromatic rings. The fourth-order valence-corrected chi connectivity index (χ4v) is 4.51. The van der Waals surface area contributed by atoms with Crippen molar-refractivity contribution in [2.75, 3.05) is 4.90 Å². The number of benzene rings is 3. The molecular formula is C24H16FNO4. The van der Waals surface area contributed by atoms with Gasteiger partial charge in [-0.2, -0.15) is 0 Å². The molecule has 2 aliphatic rings. The first-order valence-electron chi connectivity index (χ1n) is 9.53. The van der Waals surface area contributed by atoms with E-state index in [0.29, 0.717) is 16.9 Å². The predicted octanol–water partition coefficient (Wildman–Crippen LogP) is 3.61. The van der Waals surface area contributed by atoms with Crippen LogP contribution < -0.4 is 9.64 Å². The summed E-state index contributed by atoms with van der Waals surface area (Å²) < 4.78 is 18.9. The van der Waals surface area contributed by atoms with Gasteiger partial charge in [0.25, 0.3) is 0 Å². The molecule has 2 amide bonds. The second-order valence-electron chi connectivity index (χ2n) is 7.36. The molecule has 6 heteroatoms. The number of nitrogens with zero attached hydrogens (tertiary/aromatic N) is 1. The number of rotatable bonds is 3. The molecule has 30 heavy (non-hydrogen) atoms. The van der Waals surface area contributed by atoms with E-state index >= 15 is 0 Å². The number of amides is 2. The Labute approximate surface area is 171 Å². The molecule has 5 rings (SSSR count). The van der Waals surface area contributed by atoms with E-state index in [2.05, 4.69) is 0 Å². The summed E-state index contributed by atoms with van der Waals surface area (Å²) in [6.45, 7) is 0. The third-order valence-corrected chi connectivity index (χ3v) is 5.82. The molecule has 148 valence electrons. The van der Waals surface area contributed by atoms with E-state index in [9.17, 15) is 18.8 Å². The molecule has 0 aromatic heterocycles. The second-order valence-corrected chi connectivity index (χ2v) is 7.36. The van der Waals surface area contributed by atoms with Gasteiger partial charge >= 0.3 is 5.97 Å². The molecule has 2 atom stereocenters. The van der Waals surface area contributed by atoms with Crippen LogP contribution in [-0.4, -0.2) is 17.8 Å². The number of anilines is 1. The van der Waals surface area contributed by atoms with Gasteiger partial charge in [-0.1, -0.05) is 48.5 Å². The van der Waals surface area contributed by atoms with Crippen molar-refractivity contribution >= 4 is 23.5 Å². The van der Waals surface area contributed by atoms with E-state index in [1.807, 2.05) is 6.07 Å². The largest absolute Gasteiger partial charge is 0.425 e. The van der Waals surface area contributed by atoms with Gasteiger partial charge in [-0.3, -0.25) is 19.3 Å². The minimum absolute atomic E-state index is 0.158. The number of imide groups is 1. The number of para-hydroxylation sites is 1. The Morgan fingerprint density at radius 1 is 0.867 bits per heavy atom. The molecule has 0 N–H and O–H groups in total. The quantitative estimate of drug-likeness (QED) is 0.382. The molecule has 3 aromatic carbocycles.